The van der Waals surface area contributed by atoms with Crippen molar-refractivity contribution >= 4 is 34.6 Å². The van der Waals surface area contributed by atoms with E-state index < -0.39 is 0 Å². The highest BCUT2D eigenvalue weighted by atomic mass is 32.2. The highest BCUT2D eigenvalue weighted by molar-refractivity contribution is 8.18. The quantitative estimate of drug-likeness (QED) is 0.902. The Hall–Kier alpha value is -2.53. The van der Waals surface area contributed by atoms with Gasteiger partial charge in [-0.05, 0) is 60.2 Å². The number of ether oxygens (including phenoxy) is 1. The van der Waals surface area contributed by atoms with Crippen molar-refractivity contribution in [1.82, 2.24) is 5.32 Å². The maximum Gasteiger partial charge on any atom is 0.289 e. The lowest BCUT2D eigenvalue weighted by Gasteiger charge is -2.02. The molecule has 4 nitrogen and oxygen atoms in total. The first-order chi connectivity index (χ1) is 11.1. The van der Waals surface area contributed by atoms with Crippen LogP contribution in [0.2, 0.25) is 0 Å². The molecule has 0 unspecified atom stereocenters. The molecule has 2 aromatic rings. The maximum atomic E-state index is 11.7. The van der Waals surface area contributed by atoms with Crippen molar-refractivity contribution in [3.63, 3.8) is 0 Å². The molecule has 3 rings (SSSR count). The summed E-state index contributed by atoms with van der Waals surface area (Å²) < 4.78 is 5.15. The Morgan fingerprint density at radius 3 is 2.65 bits per heavy atom. The number of amides is 1. The average Bonchev–Trinajstić information content (AvgIpc) is 2.87. The Balaban J connectivity index is 1.92. The molecule has 1 N–H and O–H groups in total. The van der Waals surface area contributed by atoms with Crippen LogP contribution in [0, 0.1) is 6.92 Å². The van der Waals surface area contributed by atoms with E-state index in [2.05, 4.69) is 10.3 Å². The fraction of sp³-hybridized carbons (Fsp3) is 0.111. The number of carbonyl (C=O) groups excluding carboxylic acids is 1. The van der Waals surface area contributed by atoms with Crippen molar-refractivity contribution in [1.29, 1.82) is 0 Å². The Bertz CT molecular complexity index is 795. The smallest absolute Gasteiger partial charge is 0.289 e. The minimum Gasteiger partial charge on any atom is -0.497 e. The number of methoxy groups -OCH3 is 1. The number of hydrogen-bond acceptors (Lipinski definition) is 4. The Morgan fingerprint density at radius 1 is 1.17 bits per heavy atom. The Labute approximate surface area is 139 Å². The summed E-state index contributed by atoms with van der Waals surface area (Å²) >= 11 is 1.15. The van der Waals surface area contributed by atoms with Crippen molar-refractivity contribution in [3.8, 4) is 5.75 Å². The van der Waals surface area contributed by atoms with Crippen molar-refractivity contribution in [3.05, 3.63) is 64.6 Å². The summed E-state index contributed by atoms with van der Waals surface area (Å²) in [5.41, 5.74) is 2.94. The molecule has 1 aliphatic heterocycles. The SMILES string of the molecule is COc1ccc(/C=C2\SC(=O)NC2=Nc2cccc(C)c2)cc1. The third-order valence-electron chi connectivity index (χ3n) is 3.31. The minimum atomic E-state index is -0.115. The third-order valence-corrected chi connectivity index (χ3v) is 4.13. The van der Waals surface area contributed by atoms with Gasteiger partial charge in [0.15, 0.2) is 0 Å². The van der Waals surface area contributed by atoms with Crippen LogP contribution in [-0.4, -0.2) is 18.2 Å². The van der Waals surface area contributed by atoms with Gasteiger partial charge in [-0.15, -0.1) is 0 Å². The zero-order chi connectivity index (χ0) is 16.2. The number of aliphatic imine (C=N–C) groups is 1. The molecule has 1 fully saturated rings. The first-order valence-electron chi connectivity index (χ1n) is 7.14. The molecular weight excluding hydrogens is 308 g/mol. The number of rotatable bonds is 3. The number of carbonyl (C=O) groups is 1. The third kappa shape index (κ3) is 3.81. The zero-order valence-electron chi connectivity index (χ0n) is 12.9. The van der Waals surface area contributed by atoms with Gasteiger partial charge in [-0.25, -0.2) is 4.99 Å². The summed E-state index contributed by atoms with van der Waals surface area (Å²) in [7, 11) is 1.63. The van der Waals surface area contributed by atoms with E-state index in [0.29, 0.717) is 5.84 Å². The lowest BCUT2D eigenvalue weighted by Crippen LogP contribution is -2.18. The van der Waals surface area contributed by atoms with Gasteiger partial charge in [-0.1, -0.05) is 24.3 Å². The average molecular weight is 324 g/mol. The van der Waals surface area contributed by atoms with E-state index in [9.17, 15) is 4.79 Å². The van der Waals surface area contributed by atoms with Crippen molar-refractivity contribution in [2.24, 2.45) is 4.99 Å². The molecule has 0 radical (unpaired) electrons. The van der Waals surface area contributed by atoms with E-state index >= 15 is 0 Å². The molecule has 1 amide bonds. The van der Waals surface area contributed by atoms with E-state index in [1.807, 2.05) is 61.5 Å². The molecule has 116 valence electrons. The Morgan fingerprint density at radius 2 is 1.96 bits per heavy atom. The monoisotopic (exact) mass is 324 g/mol. The van der Waals surface area contributed by atoms with Crippen LogP contribution in [0.5, 0.6) is 5.75 Å². The maximum absolute atomic E-state index is 11.7. The normalized spacial score (nSPS) is 17.6. The molecule has 0 spiro atoms. The fourth-order valence-corrected chi connectivity index (χ4v) is 2.93. The highest BCUT2D eigenvalue weighted by Gasteiger charge is 2.23. The summed E-state index contributed by atoms with van der Waals surface area (Å²) in [6, 6.07) is 15.5. The van der Waals surface area contributed by atoms with Crippen LogP contribution < -0.4 is 10.1 Å². The largest absolute Gasteiger partial charge is 0.497 e. The first-order valence-corrected chi connectivity index (χ1v) is 7.96. The molecule has 0 aliphatic carbocycles. The van der Waals surface area contributed by atoms with Crippen LogP contribution in [-0.2, 0) is 0 Å². The van der Waals surface area contributed by atoms with Gasteiger partial charge in [0, 0.05) is 0 Å². The van der Waals surface area contributed by atoms with Gasteiger partial charge < -0.3 is 10.1 Å². The Kier molecular flexibility index (Phi) is 4.48. The minimum absolute atomic E-state index is 0.115. The van der Waals surface area contributed by atoms with Crippen LogP contribution in [0.3, 0.4) is 0 Å². The predicted octanol–water partition coefficient (Wildman–Crippen LogP) is 4.53. The molecule has 1 heterocycles. The van der Waals surface area contributed by atoms with E-state index in [0.717, 1.165) is 39.2 Å². The van der Waals surface area contributed by atoms with E-state index in [-0.39, 0.29) is 5.24 Å². The number of thioether (sulfide) groups is 1. The second kappa shape index (κ2) is 6.71. The van der Waals surface area contributed by atoms with E-state index in [1.54, 1.807) is 7.11 Å². The number of nitrogens with zero attached hydrogens (tertiary/aromatic N) is 1. The molecule has 0 atom stereocenters. The summed E-state index contributed by atoms with van der Waals surface area (Å²) in [5.74, 6) is 1.38. The molecule has 0 saturated carbocycles. The van der Waals surface area contributed by atoms with Gasteiger partial charge in [-0.2, -0.15) is 0 Å². The summed E-state index contributed by atoms with van der Waals surface area (Å²) in [4.78, 5) is 17.1. The molecule has 1 saturated heterocycles. The van der Waals surface area contributed by atoms with Gasteiger partial charge in [0.2, 0.25) is 0 Å². The summed E-state index contributed by atoms with van der Waals surface area (Å²) in [6.07, 6.45) is 1.94. The van der Waals surface area contributed by atoms with Gasteiger partial charge >= 0.3 is 0 Å². The number of aryl methyl sites for hydroxylation is 1. The molecule has 5 heteroatoms. The van der Waals surface area contributed by atoms with Crippen molar-refractivity contribution < 1.29 is 9.53 Å². The van der Waals surface area contributed by atoms with E-state index in [4.69, 9.17) is 4.74 Å². The number of amidine groups is 1. The molecule has 2 aromatic carbocycles. The zero-order valence-corrected chi connectivity index (χ0v) is 13.7. The van der Waals surface area contributed by atoms with Crippen LogP contribution in [0.15, 0.2) is 58.4 Å². The van der Waals surface area contributed by atoms with Crippen LogP contribution in [0.25, 0.3) is 6.08 Å². The molecule has 0 aromatic heterocycles. The molecule has 23 heavy (non-hydrogen) atoms. The predicted molar refractivity (Wildman–Crippen MR) is 95.4 cm³/mol. The topological polar surface area (TPSA) is 50.7 Å². The second-order valence-corrected chi connectivity index (χ2v) is 6.11. The van der Waals surface area contributed by atoms with Crippen LogP contribution >= 0.6 is 11.8 Å². The van der Waals surface area contributed by atoms with Gasteiger partial charge in [0.05, 0.1) is 17.7 Å². The van der Waals surface area contributed by atoms with E-state index in [1.165, 1.54) is 0 Å². The lowest BCUT2D eigenvalue weighted by atomic mass is 10.2. The standard InChI is InChI=1S/C18H16N2O2S/c1-12-4-3-5-14(10-12)19-17-16(23-18(21)20-17)11-13-6-8-15(22-2)9-7-13/h3-11H,1-2H3,(H,19,20,21)/b16-11-. The lowest BCUT2D eigenvalue weighted by molar-refractivity contribution is 0.265. The molecular formula is C18H16N2O2S. The number of hydrogen-bond donors (Lipinski definition) is 1. The fourth-order valence-electron chi connectivity index (χ4n) is 2.19. The van der Waals surface area contributed by atoms with Gasteiger partial charge in [0.1, 0.15) is 11.6 Å². The van der Waals surface area contributed by atoms with Crippen LogP contribution in [0.4, 0.5) is 10.5 Å². The number of benzene rings is 2. The van der Waals surface area contributed by atoms with Crippen molar-refractivity contribution in [2.75, 3.05) is 7.11 Å². The highest BCUT2D eigenvalue weighted by Crippen LogP contribution is 2.29. The molecule has 0 bridgehead atoms. The summed E-state index contributed by atoms with van der Waals surface area (Å²) in [6.45, 7) is 2.01. The van der Waals surface area contributed by atoms with Crippen LogP contribution in [0.1, 0.15) is 11.1 Å². The first kappa shape index (κ1) is 15.4. The van der Waals surface area contributed by atoms with Gasteiger partial charge in [-0.3, -0.25) is 4.79 Å². The van der Waals surface area contributed by atoms with Gasteiger partial charge in [0.25, 0.3) is 5.24 Å². The summed E-state index contributed by atoms with van der Waals surface area (Å²) in [5, 5.41) is 2.68. The number of nitrogens with one attached hydrogen (secondary N) is 1. The van der Waals surface area contributed by atoms with Crippen molar-refractivity contribution in [2.45, 2.75) is 6.92 Å². The molecule has 1 aliphatic rings. The second-order valence-electron chi connectivity index (χ2n) is 5.10.